The third-order valence-electron chi connectivity index (χ3n) is 10.4. The molecule has 0 unspecified atom stereocenters. The molecule has 0 aliphatic heterocycles. The highest BCUT2D eigenvalue weighted by Crippen LogP contribution is 2.38. The predicted octanol–water partition coefficient (Wildman–Crippen LogP) is 13.4. The van der Waals surface area contributed by atoms with Crippen molar-refractivity contribution in [2.75, 3.05) is 0 Å². The smallest absolute Gasteiger partial charge is 0.164 e. The second kappa shape index (κ2) is 14.9. The van der Waals surface area contributed by atoms with Crippen molar-refractivity contribution in [3.63, 3.8) is 0 Å². The third-order valence-corrected chi connectivity index (χ3v) is 10.4. The fraction of sp³-hybridized carbons (Fsp3) is 0. The highest BCUT2D eigenvalue weighted by atomic mass is 16.3. The lowest BCUT2D eigenvalue weighted by Crippen LogP contribution is -2.00. The largest absolute Gasteiger partial charge is 0.456 e. The van der Waals surface area contributed by atoms with E-state index in [0.717, 1.165) is 55.3 Å². The molecule has 0 spiro atoms. The summed E-state index contributed by atoms with van der Waals surface area (Å²) in [7, 11) is 0. The molecule has 2 aromatic heterocycles. The van der Waals surface area contributed by atoms with Crippen molar-refractivity contribution in [3.05, 3.63) is 235 Å². The summed E-state index contributed by atoms with van der Waals surface area (Å²) < 4.78 is 6.22. The highest BCUT2D eigenvalue weighted by molar-refractivity contribution is 6.06. The summed E-state index contributed by atoms with van der Waals surface area (Å²) >= 11 is 0. The first kappa shape index (κ1) is 33.8. The normalized spacial score (nSPS) is 11.2. The molecule has 8 aromatic carbocycles. The molecule has 268 valence electrons. The summed E-state index contributed by atoms with van der Waals surface area (Å²) in [4.78, 5) is 14.9. The second-order valence-electron chi connectivity index (χ2n) is 14.0. The maximum absolute atomic E-state index is 6.22. The Hall–Kier alpha value is -7.69. The first-order valence-electron chi connectivity index (χ1n) is 19.1. The van der Waals surface area contributed by atoms with Gasteiger partial charge >= 0.3 is 0 Å². The summed E-state index contributed by atoms with van der Waals surface area (Å²) in [5.41, 5.74) is 13.6. The molecule has 4 heteroatoms. The predicted molar refractivity (Wildman–Crippen MR) is 233 cm³/mol. The lowest BCUT2D eigenvalue weighted by molar-refractivity contribution is 0.669. The molecule has 0 radical (unpaired) electrons. The first-order valence-corrected chi connectivity index (χ1v) is 19.1. The Labute approximate surface area is 331 Å². The fourth-order valence-corrected chi connectivity index (χ4v) is 7.58. The average molecular weight is 730 g/mol. The number of hydrogen-bond acceptors (Lipinski definition) is 4. The van der Waals surface area contributed by atoms with Crippen molar-refractivity contribution in [2.45, 2.75) is 0 Å². The van der Waals surface area contributed by atoms with Crippen molar-refractivity contribution in [1.82, 2.24) is 15.0 Å². The van der Waals surface area contributed by atoms with Gasteiger partial charge in [0.25, 0.3) is 0 Å². The topological polar surface area (TPSA) is 51.8 Å². The molecule has 4 nitrogen and oxygen atoms in total. The van der Waals surface area contributed by atoms with Crippen LogP contribution in [0.4, 0.5) is 0 Å². The van der Waals surface area contributed by atoms with Crippen LogP contribution >= 0.6 is 0 Å². The van der Waals surface area contributed by atoms with Gasteiger partial charge in [-0.15, -0.1) is 0 Å². The second-order valence-corrected chi connectivity index (χ2v) is 14.0. The minimum atomic E-state index is 0.591. The molecule has 0 aliphatic carbocycles. The van der Waals surface area contributed by atoms with E-state index in [-0.39, 0.29) is 0 Å². The van der Waals surface area contributed by atoms with Gasteiger partial charge in [0, 0.05) is 27.5 Å². The number of para-hydroxylation sites is 1. The SMILES string of the molecule is c1ccc(C(=C(c2ccccc2)c2ccc(-c3ccc(-c4nc(-c5ccccc5)nc(-c5ccc6c(c5)oc5ccccc56)n4)cc3)cc2)c2ccccc2)cc1. The number of aromatic nitrogens is 3. The van der Waals surface area contributed by atoms with Crippen LogP contribution in [0.2, 0.25) is 0 Å². The first-order chi connectivity index (χ1) is 28.2. The summed E-state index contributed by atoms with van der Waals surface area (Å²) in [5, 5.41) is 2.16. The van der Waals surface area contributed by atoms with E-state index in [1.807, 2.05) is 54.6 Å². The maximum atomic E-state index is 6.22. The zero-order chi connectivity index (χ0) is 38.0. The van der Waals surface area contributed by atoms with Gasteiger partial charge in [-0.25, -0.2) is 15.0 Å². The van der Waals surface area contributed by atoms with E-state index in [4.69, 9.17) is 19.4 Å². The Morgan fingerprint density at radius 2 is 0.649 bits per heavy atom. The fourth-order valence-electron chi connectivity index (χ4n) is 7.58. The summed E-state index contributed by atoms with van der Waals surface area (Å²) in [6.07, 6.45) is 0. The summed E-state index contributed by atoms with van der Waals surface area (Å²) in [6, 6.07) is 73.7. The molecule has 0 atom stereocenters. The highest BCUT2D eigenvalue weighted by Gasteiger charge is 2.17. The summed E-state index contributed by atoms with van der Waals surface area (Å²) in [5.74, 6) is 1.82. The number of rotatable bonds is 8. The summed E-state index contributed by atoms with van der Waals surface area (Å²) in [6.45, 7) is 0. The third kappa shape index (κ3) is 6.70. The van der Waals surface area contributed by atoms with Crippen LogP contribution < -0.4 is 0 Å². The average Bonchev–Trinajstić information content (AvgIpc) is 3.67. The van der Waals surface area contributed by atoms with Gasteiger partial charge in [-0.3, -0.25) is 0 Å². The molecule has 0 N–H and O–H groups in total. The quantitative estimate of drug-likeness (QED) is 0.146. The molecule has 10 aromatic rings. The van der Waals surface area contributed by atoms with Gasteiger partial charge in [-0.1, -0.05) is 194 Å². The maximum Gasteiger partial charge on any atom is 0.164 e. The van der Waals surface area contributed by atoms with Gasteiger partial charge in [-0.2, -0.15) is 0 Å². The van der Waals surface area contributed by atoms with Gasteiger partial charge in [-0.05, 0) is 62.7 Å². The molecule has 0 bridgehead atoms. The van der Waals surface area contributed by atoms with E-state index in [1.54, 1.807) is 0 Å². The van der Waals surface area contributed by atoms with Crippen LogP contribution in [0.1, 0.15) is 22.3 Å². The van der Waals surface area contributed by atoms with Crippen molar-refractivity contribution in [1.29, 1.82) is 0 Å². The lowest BCUT2D eigenvalue weighted by Gasteiger charge is -2.18. The van der Waals surface area contributed by atoms with E-state index >= 15 is 0 Å². The molecule has 57 heavy (non-hydrogen) atoms. The lowest BCUT2D eigenvalue weighted by atomic mass is 9.85. The van der Waals surface area contributed by atoms with E-state index < -0.39 is 0 Å². The number of nitrogens with zero attached hydrogens (tertiary/aromatic N) is 3. The molecule has 0 amide bonds. The van der Waals surface area contributed by atoms with Crippen LogP contribution in [0.5, 0.6) is 0 Å². The molecule has 0 aliphatic rings. The van der Waals surface area contributed by atoms with E-state index in [9.17, 15) is 0 Å². The Kier molecular flexibility index (Phi) is 8.82. The number of fused-ring (bicyclic) bond motifs is 3. The molecular formula is C53H35N3O. The van der Waals surface area contributed by atoms with Gasteiger partial charge in [0.2, 0.25) is 0 Å². The van der Waals surface area contributed by atoms with Crippen LogP contribution in [0.3, 0.4) is 0 Å². The molecule has 2 heterocycles. The van der Waals surface area contributed by atoms with Crippen LogP contribution in [0.25, 0.3) is 78.4 Å². The Morgan fingerprint density at radius 3 is 1.19 bits per heavy atom. The van der Waals surface area contributed by atoms with Crippen molar-refractivity contribution < 1.29 is 4.42 Å². The van der Waals surface area contributed by atoms with Crippen LogP contribution in [0, 0.1) is 0 Å². The van der Waals surface area contributed by atoms with Crippen LogP contribution in [0.15, 0.2) is 217 Å². The number of hydrogen-bond donors (Lipinski definition) is 0. The number of benzene rings is 8. The van der Waals surface area contributed by atoms with E-state index in [0.29, 0.717) is 17.5 Å². The van der Waals surface area contributed by atoms with Gasteiger partial charge < -0.3 is 4.42 Å². The minimum Gasteiger partial charge on any atom is -0.456 e. The zero-order valence-corrected chi connectivity index (χ0v) is 31.0. The standard InChI is InChI=1S/C53H35N3O/c1-5-15-38(16-6-1)49(39-17-7-2-8-18-39)50(40-19-9-3-10-20-40)41-29-25-36(26-30-41)37-27-31-43(32-28-37)52-54-51(42-21-11-4-12-22-42)55-53(56-52)44-33-34-46-45-23-13-14-24-47(45)57-48(46)35-44/h1-35H. The Bertz CT molecular complexity index is 2970. The van der Waals surface area contributed by atoms with Crippen molar-refractivity contribution >= 4 is 33.1 Å². The minimum absolute atomic E-state index is 0.591. The van der Waals surface area contributed by atoms with Gasteiger partial charge in [0.05, 0.1) is 0 Å². The van der Waals surface area contributed by atoms with Crippen LogP contribution in [-0.4, -0.2) is 15.0 Å². The Morgan fingerprint density at radius 1 is 0.281 bits per heavy atom. The Balaban J connectivity index is 1.02. The molecule has 10 rings (SSSR count). The van der Waals surface area contributed by atoms with Crippen LogP contribution in [-0.2, 0) is 0 Å². The number of furan rings is 1. The monoisotopic (exact) mass is 729 g/mol. The molecular weight excluding hydrogens is 695 g/mol. The zero-order valence-electron chi connectivity index (χ0n) is 31.0. The van der Waals surface area contributed by atoms with Crippen molar-refractivity contribution in [2.24, 2.45) is 0 Å². The molecule has 0 fully saturated rings. The molecule has 0 saturated heterocycles. The van der Waals surface area contributed by atoms with E-state index in [2.05, 4.69) is 158 Å². The van der Waals surface area contributed by atoms with Gasteiger partial charge in [0.15, 0.2) is 17.5 Å². The van der Waals surface area contributed by atoms with Crippen molar-refractivity contribution in [3.8, 4) is 45.3 Å². The van der Waals surface area contributed by atoms with Gasteiger partial charge in [0.1, 0.15) is 11.2 Å². The van der Waals surface area contributed by atoms with E-state index in [1.165, 1.54) is 27.8 Å². The molecule has 0 saturated carbocycles.